The summed E-state index contributed by atoms with van der Waals surface area (Å²) in [5, 5.41) is 5.30. The van der Waals surface area contributed by atoms with Crippen LogP contribution in [0.15, 0.2) is 134 Å². The molecular weight excluding hydrogens is 552 g/mol. The Labute approximate surface area is 258 Å². The Morgan fingerprint density at radius 3 is 1.82 bits per heavy atom. The molecule has 3 amide bonds. The monoisotopic (exact) mass is 590 g/mol. The van der Waals surface area contributed by atoms with E-state index in [1.165, 1.54) is 13.4 Å². The predicted molar refractivity (Wildman–Crippen MR) is 170 cm³/mol. The molecule has 5 rings (SSSR count). The van der Waals surface area contributed by atoms with Gasteiger partial charge in [0.25, 0.3) is 5.91 Å². The summed E-state index contributed by atoms with van der Waals surface area (Å²) in [6.45, 7) is 0.770. The fourth-order valence-corrected chi connectivity index (χ4v) is 5.89. The Hall–Kier alpha value is -4.72. The molecule has 226 valence electrons. The van der Waals surface area contributed by atoms with Crippen molar-refractivity contribution >= 4 is 11.9 Å². The predicted octanol–water partition coefficient (Wildman–Crippen LogP) is 6.35. The van der Waals surface area contributed by atoms with Gasteiger partial charge in [0.15, 0.2) is 0 Å². The van der Waals surface area contributed by atoms with Crippen molar-refractivity contribution in [1.29, 1.82) is 0 Å². The molecule has 0 aromatic heterocycles. The van der Waals surface area contributed by atoms with Crippen molar-refractivity contribution < 1.29 is 23.8 Å². The molecule has 0 aliphatic heterocycles. The smallest absolute Gasteiger partial charge is 0.322 e. The van der Waals surface area contributed by atoms with Crippen LogP contribution in [-0.4, -0.2) is 37.8 Å². The number of methoxy groups -OCH3 is 1. The molecule has 0 unspecified atom stereocenters. The van der Waals surface area contributed by atoms with Crippen LogP contribution in [0.2, 0.25) is 0 Å². The third kappa shape index (κ3) is 7.43. The maximum atomic E-state index is 12.8. The van der Waals surface area contributed by atoms with Gasteiger partial charge in [-0.1, -0.05) is 121 Å². The first-order valence-electron chi connectivity index (χ1n) is 14.9. The second kappa shape index (κ2) is 15.1. The first-order chi connectivity index (χ1) is 21.6. The maximum absolute atomic E-state index is 12.8. The lowest BCUT2D eigenvalue weighted by Gasteiger charge is -2.37. The van der Waals surface area contributed by atoms with E-state index in [-0.39, 0.29) is 18.1 Å². The average molecular weight is 591 g/mol. The normalized spacial score (nSPS) is 18.2. The van der Waals surface area contributed by atoms with Crippen LogP contribution in [0.1, 0.15) is 35.1 Å². The van der Waals surface area contributed by atoms with Crippen LogP contribution in [0.4, 0.5) is 4.79 Å². The molecule has 7 heteroatoms. The van der Waals surface area contributed by atoms with E-state index in [2.05, 4.69) is 47.0 Å². The zero-order chi connectivity index (χ0) is 30.6. The van der Waals surface area contributed by atoms with Crippen LogP contribution < -0.4 is 10.6 Å². The number of ether oxygens (including phenoxy) is 3. The molecule has 0 spiro atoms. The molecule has 4 aromatic carbocycles. The highest BCUT2D eigenvalue weighted by molar-refractivity contribution is 6.00. The van der Waals surface area contributed by atoms with Gasteiger partial charge in [-0.2, -0.15) is 0 Å². The Morgan fingerprint density at radius 2 is 1.30 bits per heavy atom. The van der Waals surface area contributed by atoms with Gasteiger partial charge in [-0.25, -0.2) is 4.79 Å². The lowest BCUT2D eigenvalue weighted by Crippen LogP contribution is -2.49. The molecule has 0 saturated heterocycles. The topological polar surface area (TPSA) is 85.9 Å². The molecule has 0 radical (unpaired) electrons. The summed E-state index contributed by atoms with van der Waals surface area (Å²) in [7, 11) is 1.43. The lowest BCUT2D eigenvalue weighted by atomic mass is 9.80. The number of hydrogen-bond donors (Lipinski definition) is 2. The number of carbonyl (C=O) groups is 2. The van der Waals surface area contributed by atoms with Crippen LogP contribution in [0.25, 0.3) is 0 Å². The van der Waals surface area contributed by atoms with E-state index in [4.69, 9.17) is 14.2 Å². The number of nitrogens with one attached hydrogen (secondary N) is 2. The molecule has 4 aromatic rings. The molecule has 0 bridgehead atoms. The number of imide groups is 1. The Kier molecular flexibility index (Phi) is 10.6. The van der Waals surface area contributed by atoms with E-state index in [1.807, 2.05) is 84.9 Å². The molecule has 1 aliphatic rings. The van der Waals surface area contributed by atoms with Gasteiger partial charge in [0.2, 0.25) is 0 Å². The SMILES string of the molecule is CO/C=C/C(=O)NC(=O)N[C@@H]1CC[C@H](COC(c2ccccc2)(c2ccccc2)c2ccccc2)[C@H]1OCc1ccccc1. The molecule has 2 N–H and O–H groups in total. The molecule has 7 nitrogen and oxygen atoms in total. The third-order valence-corrected chi connectivity index (χ3v) is 7.96. The van der Waals surface area contributed by atoms with Gasteiger partial charge in [-0.05, 0) is 35.1 Å². The highest BCUT2D eigenvalue weighted by Crippen LogP contribution is 2.42. The molecular formula is C37H38N2O5. The number of amides is 3. The van der Waals surface area contributed by atoms with Crippen molar-refractivity contribution in [3.8, 4) is 0 Å². The molecule has 0 heterocycles. The fraction of sp³-hybridized carbons (Fsp3) is 0.243. The van der Waals surface area contributed by atoms with Crippen LogP contribution >= 0.6 is 0 Å². The Bertz CT molecular complexity index is 1400. The number of urea groups is 1. The van der Waals surface area contributed by atoms with Crippen molar-refractivity contribution in [2.24, 2.45) is 5.92 Å². The molecule has 44 heavy (non-hydrogen) atoms. The molecule has 1 fully saturated rings. The average Bonchev–Trinajstić information content (AvgIpc) is 3.45. The van der Waals surface area contributed by atoms with Gasteiger partial charge in [0.05, 0.1) is 38.7 Å². The number of rotatable bonds is 12. The van der Waals surface area contributed by atoms with E-state index < -0.39 is 17.5 Å². The summed E-state index contributed by atoms with van der Waals surface area (Å²) >= 11 is 0. The van der Waals surface area contributed by atoms with Gasteiger partial charge >= 0.3 is 6.03 Å². The highest BCUT2D eigenvalue weighted by atomic mass is 16.5. The quantitative estimate of drug-likeness (QED) is 0.114. The summed E-state index contributed by atoms with van der Waals surface area (Å²) in [6, 6.07) is 39.8. The van der Waals surface area contributed by atoms with E-state index in [0.29, 0.717) is 19.6 Å². The first kappa shape index (κ1) is 30.7. The summed E-state index contributed by atoms with van der Waals surface area (Å²) in [5.74, 6) is -0.592. The minimum atomic E-state index is -0.864. The van der Waals surface area contributed by atoms with Crippen molar-refractivity contribution in [3.63, 3.8) is 0 Å². The largest absolute Gasteiger partial charge is 0.504 e. The van der Waals surface area contributed by atoms with Crippen LogP contribution in [0.3, 0.4) is 0 Å². The van der Waals surface area contributed by atoms with Crippen molar-refractivity contribution in [2.45, 2.75) is 37.2 Å². The van der Waals surface area contributed by atoms with Crippen LogP contribution in [-0.2, 0) is 31.2 Å². The Morgan fingerprint density at radius 1 is 0.773 bits per heavy atom. The van der Waals surface area contributed by atoms with E-state index in [1.54, 1.807) is 0 Å². The van der Waals surface area contributed by atoms with Gasteiger partial charge in [0, 0.05) is 12.0 Å². The number of carbonyl (C=O) groups excluding carboxylic acids is 2. The summed E-state index contributed by atoms with van der Waals surface area (Å²) in [6.07, 6.45) is 3.49. The van der Waals surface area contributed by atoms with Crippen molar-refractivity contribution in [3.05, 3.63) is 156 Å². The maximum Gasteiger partial charge on any atom is 0.322 e. The molecule has 3 atom stereocenters. The Balaban J connectivity index is 1.42. The van der Waals surface area contributed by atoms with Crippen LogP contribution in [0, 0.1) is 5.92 Å². The second-order valence-electron chi connectivity index (χ2n) is 10.8. The van der Waals surface area contributed by atoms with Gasteiger partial charge in [-0.15, -0.1) is 0 Å². The summed E-state index contributed by atoms with van der Waals surface area (Å²) in [4.78, 5) is 24.8. The van der Waals surface area contributed by atoms with Gasteiger partial charge in [0.1, 0.15) is 5.60 Å². The third-order valence-electron chi connectivity index (χ3n) is 7.96. The standard InChI is InChI=1S/C37H38N2O5/c1-42-25-24-34(40)39-36(41)38-33-23-22-29(35(33)43-26-28-14-6-2-7-15-28)27-44-37(30-16-8-3-9-17-30,31-18-10-4-11-19-31)32-20-12-5-13-21-32/h2-21,24-25,29,33,35H,22-23,26-27H2,1H3,(H2,38,39,40,41)/b25-24+/t29-,33-,35-/m1/s1. The minimum Gasteiger partial charge on any atom is -0.504 e. The van der Waals surface area contributed by atoms with E-state index in [0.717, 1.165) is 34.8 Å². The van der Waals surface area contributed by atoms with E-state index in [9.17, 15) is 9.59 Å². The first-order valence-corrected chi connectivity index (χ1v) is 14.9. The summed E-state index contributed by atoms with van der Waals surface area (Å²) < 4.78 is 18.4. The van der Waals surface area contributed by atoms with Crippen LogP contribution in [0.5, 0.6) is 0 Å². The molecule has 1 aliphatic carbocycles. The zero-order valence-corrected chi connectivity index (χ0v) is 24.8. The summed E-state index contributed by atoms with van der Waals surface area (Å²) in [5.41, 5.74) is 3.24. The number of benzene rings is 4. The minimum absolute atomic E-state index is 0.0244. The highest BCUT2D eigenvalue weighted by Gasteiger charge is 2.42. The van der Waals surface area contributed by atoms with Gasteiger partial charge < -0.3 is 19.5 Å². The molecule has 1 saturated carbocycles. The van der Waals surface area contributed by atoms with Crippen molar-refractivity contribution in [2.75, 3.05) is 13.7 Å². The zero-order valence-electron chi connectivity index (χ0n) is 24.8. The second-order valence-corrected chi connectivity index (χ2v) is 10.8. The van der Waals surface area contributed by atoms with Gasteiger partial charge in [-0.3, -0.25) is 10.1 Å². The fourth-order valence-electron chi connectivity index (χ4n) is 5.89. The lowest BCUT2D eigenvalue weighted by molar-refractivity contribution is -0.115. The van der Waals surface area contributed by atoms with Crippen molar-refractivity contribution in [1.82, 2.24) is 10.6 Å². The number of hydrogen-bond acceptors (Lipinski definition) is 5. The van der Waals surface area contributed by atoms with E-state index >= 15 is 0 Å².